The third kappa shape index (κ3) is 18.1. The number of benzene rings is 2. The molecule has 8 aromatic rings. The zero-order valence-corrected chi connectivity index (χ0v) is 54.9. The van der Waals surface area contributed by atoms with Crippen molar-refractivity contribution < 1.29 is 62.9 Å². The number of H-pyrrole nitrogens is 1. The van der Waals surface area contributed by atoms with Gasteiger partial charge in [0.05, 0.1) is 94.1 Å². The van der Waals surface area contributed by atoms with Gasteiger partial charge < -0.3 is 49.2 Å². The highest BCUT2D eigenvalue weighted by Gasteiger charge is 2.43. The maximum absolute atomic E-state index is 13.8. The van der Waals surface area contributed by atoms with Crippen molar-refractivity contribution in [2.45, 2.75) is 139 Å². The number of rotatable bonds is 15. The molecule has 6 aromatic heterocycles. The molecule has 97 heavy (non-hydrogen) atoms. The first-order valence-electron chi connectivity index (χ1n) is 30.8. The molecule has 4 aliphatic heterocycles. The molecule has 4 fully saturated rings. The lowest BCUT2D eigenvalue weighted by molar-refractivity contribution is -0.144. The summed E-state index contributed by atoms with van der Waals surface area (Å²) in [6, 6.07) is 2.07. The number of halogens is 15. The van der Waals surface area contributed by atoms with Gasteiger partial charge in [-0.2, -0.15) is 62.7 Å². The Hall–Kier alpha value is -7.88. The summed E-state index contributed by atoms with van der Waals surface area (Å²) in [4.78, 5) is 57.6. The normalized spacial score (nSPS) is 19.0. The molecule has 0 unspecified atom stereocenters. The molecule has 0 spiro atoms. The van der Waals surface area contributed by atoms with Crippen LogP contribution in [0.3, 0.4) is 0 Å². The number of nitrogens with zero attached hydrogens (tertiary/aromatic N) is 17. The number of alkyl halides is 12. The zero-order chi connectivity index (χ0) is 69.6. The number of nitrogens with one attached hydrogen (secondary N) is 1. The van der Waals surface area contributed by atoms with Crippen LogP contribution in [0.2, 0.25) is 10.0 Å². The van der Waals surface area contributed by atoms with E-state index in [0.717, 1.165) is 24.3 Å². The van der Waals surface area contributed by atoms with Gasteiger partial charge in [0, 0.05) is 102 Å². The largest absolute Gasteiger partial charge is 0.416 e. The van der Waals surface area contributed by atoms with E-state index in [1.165, 1.54) is 37.2 Å². The van der Waals surface area contributed by atoms with Gasteiger partial charge in [0.2, 0.25) is 23.8 Å². The van der Waals surface area contributed by atoms with Crippen LogP contribution in [0.5, 0.6) is 0 Å². The molecule has 4 saturated heterocycles. The lowest BCUT2D eigenvalue weighted by atomic mass is 10.0. The minimum Gasteiger partial charge on any atom is -0.393 e. The second kappa shape index (κ2) is 30.5. The molecule has 12 rings (SSSR count). The van der Waals surface area contributed by atoms with Crippen LogP contribution in [0.15, 0.2) is 115 Å². The van der Waals surface area contributed by atoms with E-state index in [-0.39, 0.29) is 79.1 Å². The number of aromatic amines is 1. The number of anilines is 6. The summed E-state index contributed by atoms with van der Waals surface area (Å²) in [5, 5.41) is 20.4. The van der Waals surface area contributed by atoms with Crippen molar-refractivity contribution in [3.8, 4) is 5.69 Å². The van der Waals surface area contributed by atoms with E-state index in [9.17, 15) is 62.9 Å². The number of imidazole rings is 2. The van der Waals surface area contributed by atoms with Crippen molar-refractivity contribution in [1.82, 2.24) is 59.4 Å². The van der Waals surface area contributed by atoms with Gasteiger partial charge in [-0.05, 0) is 115 Å². The lowest BCUT2D eigenvalue weighted by Crippen LogP contribution is -2.39. The average molecular weight is 1470 g/mol. The van der Waals surface area contributed by atoms with Crippen LogP contribution in [0.4, 0.5) is 88.1 Å². The molecule has 2 aromatic carbocycles. The summed E-state index contributed by atoms with van der Waals surface area (Å²) in [5.74, 6) is 2.16. The van der Waals surface area contributed by atoms with Crippen molar-refractivity contribution in [2.24, 2.45) is 0 Å². The topological polar surface area (TPSA) is 210 Å². The van der Waals surface area contributed by atoms with Crippen LogP contribution < -0.4 is 29.4 Å². The molecule has 4 atom stereocenters. The van der Waals surface area contributed by atoms with E-state index in [1.807, 2.05) is 33.4 Å². The Balaban J connectivity index is 0.000000197. The molecule has 0 aliphatic carbocycles. The smallest absolute Gasteiger partial charge is 0.393 e. The van der Waals surface area contributed by atoms with E-state index < -0.39 is 59.0 Å². The third-order valence-electron chi connectivity index (χ3n) is 17.0. The second-order valence-corrected chi connectivity index (χ2v) is 25.3. The number of hydrogen-bond donors (Lipinski definition) is 3. The van der Waals surface area contributed by atoms with E-state index in [2.05, 4.69) is 60.8 Å². The number of aliphatic hydroxyl groups excluding tert-OH is 2. The number of hydrogen-bond acceptors (Lipinski definition) is 18. The Bertz CT molecular complexity index is 3770. The predicted octanol–water partition coefficient (Wildman–Crippen LogP) is 13.3. The third-order valence-corrected chi connectivity index (χ3v) is 18.0. The molecular formula is C62H65BrCl2F12N18O2. The maximum Gasteiger partial charge on any atom is 0.416 e. The average Bonchev–Trinajstić information content (AvgIpc) is 1.70. The quantitative estimate of drug-likeness (QED) is 0.0815. The fourth-order valence-corrected chi connectivity index (χ4v) is 12.7. The monoisotopic (exact) mass is 1470 g/mol. The first-order chi connectivity index (χ1) is 46.0. The van der Waals surface area contributed by atoms with Crippen molar-refractivity contribution in [2.75, 3.05) is 68.7 Å². The predicted molar refractivity (Wildman–Crippen MR) is 341 cm³/mol. The van der Waals surface area contributed by atoms with Crippen molar-refractivity contribution in [3.63, 3.8) is 0 Å². The highest BCUT2D eigenvalue weighted by molar-refractivity contribution is 9.10. The van der Waals surface area contributed by atoms with Crippen molar-refractivity contribution in [3.05, 3.63) is 159 Å². The minimum atomic E-state index is -4.99. The Morgan fingerprint density at radius 3 is 1.28 bits per heavy atom. The van der Waals surface area contributed by atoms with E-state index in [4.69, 9.17) is 33.2 Å². The van der Waals surface area contributed by atoms with E-state index >= 15 is 0 Å². The van der Waals surface area contributed by atoms with E-state index in [1.54, 1.807) is 51.8 Å². The molecule has 0 bridgehead atoms. The molecule has 35 heteroatoms. The van der Waals surface area contributed by atoms with Crippen LogP contribution in [0.25, 0.3) is 5.69 Å². The maximum atomic E-state index is 13.8. The fourth-order valence-electron chi connectivity index (χ4n) is 12.1. The number of piperidine rings is 2. The lowest BCUT2D eigenvalue weighted by Gasteiger charge is -2.32. The van der Waals surface area contributed by atoms with Gasteiger partial charge in [0.1, 0.15) is 10.0 Å². The van der Waals surface area contributed by atoms with Crippen LogP contribution >= 0.6 is 39.1 Å². The molecule has 0 saturated carbocycles. The Kier molecular flexibility index (Phi) is 22.6. The van der Waals surface area contributed by atoms with Gasteiger partial charge in [0.25, 0.3) is 0 Å². The van der Waals surface area contributed by atoms with Gasteiger partial charge in [-0.25, -0.2) is 39.9 Å². The molecule has 20 nitrogen and oxygen atoms in total. The molecule has 0 amide bonds. The van der Waals surface area contributed by atoms with E-state index in [0.29, 0.717) is 128 Å². The molecule has 520 valence electrons. The SMILES string of the molecule is CC[C@@H]1C[C@H](N(Cc2cc(C(F)(F)F)cc(C(F)(F)F)c2)c2ncc(-n3ccnc3)cn2)CN1c1nc(N2CCC(O)CC2)ncc1Cl.CC[C@@H]1C[C@H](N(Cc2cc(C(F)(F)F)cc(C(F)(F)F)c2)c2ncc(Br)cn2)CN1c1nc(N2CCC(O)CC2)ncc1Cl.c1c[nH]cn1. The first kappa shape index (κ1) is 71.9. The molecule has 3 N–H and O–H groups in total. The van der Waals surface area contributed by atoms with Crippen LogP contribution in [-0.4, -0.2) is 145 Å². The first-order valence-corrected chi connectivity index (χ1v) is 32.3. The Morgan fingerprint density at radius 1 is 0.546 bits per heavy atom. The molecule has 4 aliphatic rings. The molecule has 10 heterocycles. The Labute approximate surface area is 566 Å². The van der Waals surface area contributed by atoms with Gasteiger partial charge in [0.15, 0.2) is 11.6 Å². The zero-order valence-electron chi connectivity index (χ0n) is 51.8. The second-order valence-electron chi connectivity index (χ2n) is 23.6. The van der Waals surface area contributed by atoms with Gasteiger partial charge in [-0.3, -0.25) is 0 Å². The standard InChI is InChI=1S/C31H32ClF6N9O.C28H29BrClF6N7O.C3H4N2/c1-2-22-12-23(17-46(22)27-26(32)15-42-29(43-27)44-6-3-25(48)4-7-44)47(28-40-13-24(14-41-28)45-8-5-39-18-45)16-19-9-20(30(33,34)35)11-21(10-19)31(36,37)38;1-2-20-10-21(15-42(20)24-23(30)13-39-26(40-24)41-5-3-22(44)4-6-41)43(25-37-11-19(29)12-38-25)14-16-7-17(27(31,32)33)9-18(8-16)28(34,35)36;1-2-5-3-4-1/h5,8-11,13-15,18,22-23,25,48H,2-4,6-7,12,16-17H2,1H3;7-9,11-13,20-22,44H,2-6,10,14-15H2,1H3;1-3H,(H,4,5)/t22-,23+;20-,21+;/m11./s1. The summed E-state index contributed by atoms with van der Waals surface area (Å²) in [7, 11) is 0. The summed E-state index contributed by atoms with van der Waals surface area (Å²) >= 11 is 16.5. The summed E-state index contributed by atoms with van der Waals surface area (Å²) in [6.45, 7) is 6.20. The number of aromatic nitrogens is 12. The van der Waals surface area contributed by atoms with Crippen molar-refractivity contribution in [1.29, 1.82) is 0 Å². The van der Waals surface area contributed by atoms with Gasteiger partial charge in [-0.1, -0.05) is 37.0 Å². The summed E-state index contributed by atoms with van der Waals surface area (Å²) in [6.07, 6.45) is 2.78. The molecular weight excluding hydrogens is 1410 g/mol. The highest BCUT2D eigenvalue weighted by Crippen LogP contribution is 2.42. The van der Waals surface area contributed by atoms with Crippen LogP contribution in [0.1, 0.15) is 98.6 Å². The minimum absolute atomic E-state index is 0.103. The summed E-state index contributed by atoms with van der Waals surface area (Å²) < 4.78 is 167. The van der Waals surface area contributed by atoms with Gasteiger partial charge >= 0.3 is 24.7 Å². The molecule has 0 radical (unpaired) electrons. The van der Waals surface area contributed by atoms with Crippen LogP contribution in [-0.2, 0) is 37.8 Å². The number of aliphatic hydroxyl groups is 2. The highest BCUT2D eigenvalue weighted by atomic mass is 79.9. The van der Waals surface area contributed by atoms with Gasteiger partial charge in [-0.15, -0.1) is 0 Å². The fraction of sp³-hybridized carbons (Fsp3) is 0.452. The Morgan fingerprint density at radius 2 is 0.948 bits per heavy atom. The van der Waals surface area contributed by atoms with Crippen molar-refractivity contribution >= 4 is 74.6 Å². The van der Waals surface area contributed by atoms with Crippen LogP contribution in [0, 0.1) is 0 Å². The summed E-state index contributed by atoms with van der Waals surface area (Å²) in [5.41, 5.74) is -5.37.